The van der Waals surface area contributed by atoms with Gasteiger partial charge in [0, 0.05) is 11.6 Å². The van der Waals surface area contributed by atoms with Crippen LogP contribution in [-0.4, -0.2) is 21.8 Å². The molecule has 0 bridgehead atoms. The topological polar surface area (TPSA) is 115 Å². The average molecular weight is 418 g/mol. The molecule has 0 amide bonds. The number of halogens is 1. The summed E-state index contributed by atoms with van der Waals surface area (Å²) in [6.45, 7) is 0. The van der Waals surface area contributed by atoms with Crippen LogP contribution in [0, 0.1) is 10.1 Å². The summed E-state index contributed by atoms with van der Waals surface area (Å²) in [7, 11) is 2.01. The molecule has 0 unspecified atom stereocenters. The normalized spacial score (nSPS) is 11.5. The minimum Gasteiger partial charge on any atom is -1.00 e. The molecule has 0 radical (unpaired) electrons. The van der Waals surface area contributed by atoms with E-state index in [1.165, 1.54) is 6.21 Å². The Hall–Kier alpha value is -3.27. The molecule has 0 aliphatic heterocycles. The number of aromatic nitrogens is 2. The van der Waals surface area contributed by atoms with Crippen molar-refractivity contribution in [1.29, 1.82) is 0 Å². The highest BCUT2D eigenvalue weighted by Gasteiger charge is 2.14. The number of imidazole rings is 1. The highest BCUT2D eigenvalue weighted by molar-refractivity contribution is 5.82. The van der Waals surface area contributed by atoms with Crippen LogP contribution in [0.5, 0.6) is 0 Å². The number of nitrogens with one attached hydrogen (secondary N) is 1. The van der Waals surface area contributed by atoms with Gasteiger partial charge in [0.2, 0.25) is 0 Å². The lowest BCUT2D eigenvalue weighted by molar-refractivity contribution is -0.525. The Morgan fingerprint density at radius 1 is 1.31 bits per heavy atom. The van der Waals surface area contributed by atoms with Gasteiger partial charge in [0.05, 0.1) is 19.5 Å². The third-order valence-electron chi connectivity index (χ3n) is 3.62. The Bertz CT molecular complexity index is 980. The molecule has 0 atom stereocenters. The first-order valence-corrected chi connectivity index (χ1v) is 7.38. The first kappa shape index (κ1) is 19.1. The molecule has 3 aromatic rings. The fraction of sp³-hybridized carbons (Fsp3) is 0.0625. The standard InChI is InChI=1S/C16H16N7O2.BrH/c1-21-14(11-22-9-3-2-4-15(21)22)13-7-5-12(6-8-13)10-18-19-16(17)20-23(24)25;/h2-11H,1H3,(H3,17,19,20);1H/q+1;/p-1/b18-10+;. The third kappa shape index (κ3) is 4.22. The summed E-state index contributed by atoms with van der Waals surface area (Å²) in [5, 5.41) is 16.6. The number of pyridine rings is 1. The molecule has 26 heavy (non-hydrogen) atoms. The summed E-state index contributed by atoms with van der Waals surface area (Å²) in [5.74, 6) is -0.384. The van der Waals surface area contributed by atoms with Gasteiger partial charge in [0.1, 0.15) is 6.20 Å². The van der Waals surface area contributed by atoms with E-state index in [1.54, 1.807) is 5.43 Å². The monoisotopic (exact) mass is 417 g/mol. The summed E-state index contributed by atoms with van der Waals surface area (Å²) < 4.78 is 4.17. The van der Waals surface area contributed by atoms with Gasteiger partial charge in [-0.3, -0.25) is 0 Å². The average Bonchev–Trinajstić information content (AvgIpc) is 2.92. The zero-order valence-electron chi connectivity index (χ0n) is 13.8. The summed E-state index contributed by atoms with van der Waals surface area (Å²) in [5.41, 5.74) is 11.0. The lowest BCUT2D eigenvalue weighted by Crippen LogP contribution is -3.00. The first-order chi connectivity index (χ1) is 12.0. The lowest BCUT2D eigenvalue weighted by atomic mass is 10.1. The predicted octanol–water partition coefficient (Wildman–Crippen LogP) is -2.14. The van der Waals surface area contributed by atoms with Crippen LogP contribution in [0.1, 0.15) is 5.56 Å². The molecule has 0 aliphatic carbocycles. The van der Waals surface area contributed by atoms with Crippen LogP contribution in [-0.2, 0) is 7.05 Å². The van der Waals surface area contributed by atoms with Crippen molar-refractivity contribution < 1.29 is 26.4 Å². The Kier molecular flexibility index (Phi) is 6.02. The number of hydrogen-bond acceptors (Lipinski definition) is 4. The highest BCUT2D eigenvalue weighted by Crippen LogP contribution is 2.19. The van der Waals surface area contributed by atoms with Crippen molar-refractivity contribution in [3.8, 4) is 11.3 Å². The van der Waals surface area contributed by atoms with Crippen LogP contribution in [0.15, 0.2) is 65.1 Å². The van der Waals surface area contributed by atoms with Crippen LogP contribution >= 0.6 is 0 Å². The van der Waals surface area contributed by atoms with Gasteiger partial charge in [-0.1, -0.05) is 23.6 Å². The SMILES string of the molecule is Cn1c(-c2ccc(/C=N/N=C(\N)N[N+](=O)[O-])cc2)c[n+]2ccccc12.[Br-]. The molecule has 2 aromatic heterocycles. The van der Waals surface area contributed by atoms with E-state index in [9.17, 15) is 10.1 Å². The van der Waals surface area contributed by atoms with E-state index in [-0.39, 0.29) is 22.9 Å². The van der Waals surface area contributed by atoms with Crippen LogP contribution in [0.2, 0.25) is 0 Å². The van der Waals surface area contributed by atoms with E-state index >= 15 is 0 Å². The molecule has 0 saturated heterocycles. The van der Waals surface area contributed by atoms with E-state index < -0.39 is 5.03 Å². The number of guanidine groups is 1. The number of fused-ring (bicyclic) bond motifs is 1. The van der Waals surface area contributed by atoms with Crippen molar-refractivity contribution in [3.63, 3.8) is 0 Å². The number of nitro groups is 1. The number of benzene rings is 1. The minimum absolute atomic E-state index is 0. The Morgan fingerprint density at radius 3 is 2.69 bits per heavy atom. The van der Waals surface area contributed by atoms with E-state index in [4.69, 9.17) is 5.73 Å². The lowest BCUT2D eigenvalue weighted by Gasteiger charge is -1.98. The Balaban J connectivity index is 0.00000243. The molecule has 1 aromatic carbocycles. The minimum atomic E-state index is -0.801. The largest absolute Gasteiger partial charge is 1.00 e. The number of rotatable bonds is 4. The molecule has 0 saturated carbocycles. The van der Waals surface area contributed by atoms with Crippen LogP contribution in [0.25, 0.3) is 16.9 Å². The second-order valence-electron chi connectivity index (χ2n) is 5.26. The maximum atomic E-state index is 10.2. The molecule has 0 fully saturated rings. The molecule has 3 N–H and O–H groups in total. The van der Waals surface area contributed by atoms with Crippen molar-refractivity contribution in [2.75, 3.05) is 0 Å². The quantitative estimate of drug-likeness (QED) is 0.166. The van der Waals surface area contributed by atoms with Crippen LogP contribution in [0.3, 0.4) is 0 Å². The number of nitrogens with zero attached hydrogens (tertiary/aromatic N) is 5. The van der Waals surface area contributed by atoms with E-state index in [0.29, 0.717) is 0 Å². The van der Waals surface area contributed by atoms with E-state index in [0.717, 1.165) is 22.5 Å². The molecule has 9 nitrogen and oxygen atoms in total. The van der Waals surface area contributed by atoms with Crippen molar-refractivity contribution in [2.45, 2.75) is 0 Å². The zero-order valence-corrected chi connectivity index (χ0v) is 15.4. The molecular formula is C16H16BrN7O2. The maximum Gasteiger partial charge on any atom is 0.286 e. The van der Waals surface area contributed by atoms with Crippen molar-refractivity contribution in [2.24, 2.45) is 23.0 Å². The number of aryl methyl sites for hydroxylation is 1. The van der Waals surface area contributed by atoms with E-state index in [2.05, 4.69) is 25.4 Å². The molecule has 3 rings (SSSR count). The molecule has 0 spiro atoms. The Labute approximate surface area is 159 Å². The fourth-order valence-corrected chi connectivity index (χ4v) is 2.46. The molecule has 2 heterocycles. The zero-order chi connectivity index (χ0) is 17.8. The fourth-order valence-electron chi connectivity index (χ4n) is 2.46. The van der Waals surface area contributed by atoms with Crippen LogP contribution < -0.4 is 32.5 Å². The number of hydrogen-bond donors (Lipinski definition) is 2. The number of nitrogens with two attached hydrogens (primary N) is 1. The van der Waals surface area contributed by atoms with Crippen molar-refractivity contribution in [1.82, 2.24) is 9.99 Å². The van der Waals surface area contributed by atoms with Gasteiger partial charge in [-0.05, 0) is 23.8 Å². The van der Waals surface area contributed by atoms with Gasteiger partial charge < -0.3 is 22.7 Å². The van der Waals surface area contributed by atoms with Crippen LogP contribution in [0.4, 0.5) is 0 Å². The number of hydrazine groups is 1. The van der Waals surface area contributed by atoms with Crippen molar-refractivity contribution in [3.05, 3.63) is 70.5 Å². The molecule has 10 heteroatoms. The molecular weight excluding hydrogens is 402 g/mol. The molecule has 0 aliphatic rings. The predicted molar refractivity (Wildman–Crippen MR) is 93.4 cm³/mol. The summed E-state index contributed by atoms with van der Waals surface area (Å²) in [4.78, 5) is 10.2. The second-order valence-corrected chi connectivity index (χ2v) is 5.26. The smallest absolute Gasteiger partial charge is 0.286 e. The van der Waals surface area contributed by atoms with Gasteiger partial charge >= 0.3 is 0 Å². The maximum absolute atomic E-state index is 10.2. The summed E-state index contributed by atoms with van der Waals surface area (Å²) in [6.07, 6.45) is 5.53. The van der Waals surface area contributed by atoms with Gasteiger partial charge in [0.15, 0.2) is 10.7 Å². The summed E-state index contributed by atoms with van der Waals surface area (Å²) >= 11 is 0. The second kappa shape index (κ2) is 8.21. The van der Waals surface area contributed by atoms with Crippen molar-refractivity contribution >= 4 is 17.8 Å². The Morgan fingerprint density at radius 2 is 2.04 bits per heavy atom. The van der Waals surface area contributed by atoms with Gasteiger partial charge in [-0.25, -0.2) is 19.1 Å². The third-order valence-corrected chi connectivity index (χ3v) is 3.62. The highest BCUT2D eigenvalue weighted by atomic mass is 79.9. The van der Waals surface area contributed by atoms with Gasteiger partial charge in [-0.15, -0.1) is 5.10 Å². The summed E-state index contributed by atoms with van der Waals surface area (Å²) in [6, 6.07) is 13.7. The van der Waals surface area contributed by atoms with E-state index in [1.807, 2.05) is 55.7 Å². The van der Waals surface area contributed by atoms with Gasteiger partial charge in [-0.2, -0.15) is 5.10 Å². The molecule has 134 valence electrons. The first-order valence-electron chi connectivity index (χ1n) is 7.38. The van der Waals surface area contributed by atoms with Gasteiger partial charge in [0.25, 0.3) is 11.6 Å².